The molecule has 0 aliphatic carbocycles. The number of ketones is 1. The van der Waals surface area contributed by atoms with E-state index in [4.69, 9.17) is 4.74 Å². The van der Waals surface area contributed by atoms with Crippen molar-refractivity contribution in [3.63, 3.8) is 0 Å². The van der Waals surface area contributed by atoms with Gasteiger partial charge in [-0.2, -0.15) is 0 Å². The monoisotopic (exact) mass is 451 g/mol. The van der Waals surface area contributed by atoms with Gasteiger partial charge in [-0.1, -0.05) is 78.9 Å². The van der Waals surface area contributed by atoms with Crippen LogP contribution in [0.4, 0.5) is 5.69 Å². The van der Waals surface area contributed by atoms with Gasteiger partial charge in [0.05, 0.1) is 7.11 Å². The molecule has 0 aromatic heterocycles. The normalized spacial score (nSPS) is 11.4. The van der Waals surface area contributed by atoms with Crippen molar-refractivity contribution in [2.75, 3.05) is 12.4 Å². The number of phenolic OH excluding ortho intramolecular Hbond substituents is 1. The van der Waals surface area contributed by atoms with Gasteiger partial charge in [-0.15, -0.1) is 0 Å². The summed E-state index contributed by atoms with van der Waals surface area (Å²) in [4.78, 5) is 25.8. The number of methoxy groups -OCH3 is 1. The SMILES string of the molecule is COC(=O)[C@H](Cc1ccc(O)cc1)Nc1ccccc1C(=O)c1ccc(-c2ccccc2)cc1. The van der Waals surface area contributed by atoms with E-state index in [-0.39, 0.29) is 11.5 Å². The Morgan fingerprint density at radius 1 is 0.794 bits per heavy atom. The molecule has 5 heteroatoms. The molecule has 0 heterocycles. The fourth-order valence-electron chi connectivity index (χ4n) is 3.80. The summed E-state index contributed by atoms with van der Waals surface area (Å²) in [5.41, 5.74) is 4.54. The Morgan fingerprint density at radius 2 is 1.41 bits per heavy atom. The molecule has 0 amide bonds. The quantitative estimate of drug-likeness (QED) is 0.274. The predicted molar refractivity (Wildman–Crippen MR) is 133 cm³/mol. The maximum atomic E-state index is 13.3. The fourth-order valence-corrected chi connectivity index (χ4v) is 3.80. The molecule has 0 spiro atoms. The lowest BCUT2D eigenvalue weighted by atomic mass is 9.98. The van der Waals surface area contributed by atoms with Crippen molar-refractivity contribution in [2.24, 2.45) is 0 Å². The Balaban J connectivity index is 1.58. The van der Waals surface area contributed by atoms with Crippen LogP contribution >= 0.6 is 0 Å². The van der Waals surface area contributed by atoms with Gasteiger partial charge in [0.2, 0.25) is 0 Å². The first-order valence-corrected chi connectivity index (χ1v) is 11.0. The molecule has 0 aliphatic rings. The predicted octanol–water partition coefficient (Wildman–Crippen LogP) is 5.49. The second-order valence-electron chi connectivity index (χ2n) is 7.91. The highest BCUT2D eigenvalue weighted by Crippen LogP contribution is 2.24. The summed E-state index contributed by atoms with van der Waals surface area (Å²) in [7, 11) is 1.33. The number of para-hydroxylation sites is 1. The summed E-state index contributed by atoms with van der Waals surface area (Å²) >= 11 is 0. The van der Waals surface area contributed by atoms with Crippen LogP contribution in [0.25, 0.3) is 11.1 Å². The van der Waals surface area contributed by atoms with E-state index in [1.54, 1.807) is 42.5 Å². The molecule has 4 aromatic carbocycles. The molecule has 5 nitrogen and oxygen atoms in total. The van der Waals surface area contributed by atoms with Gasteiger partial charge in [-0.25, -0.2) is 4.79 Å². The third-order valence-electron chi connectivity index (χ3n) is 5.62. The molecular weight excluding hydrogens is 426 g/mol. The van der Waals surface area contributed by atoms with Crippen LogP contribution in [0.15, 0.2) is 103 Å². The molecule has 2 N–H and O–H groups in total. The molecule has 170 valence electrons. The van der Waals surface area contributed by atoms with E-state index in [1.165, 1.54) is 7.11 Å². The number of anilines is 1. The van der Waals surface area contributed by atoms with E-state index in [1.807, 2.05) is 60.7 Å². The highest BCUT2D eigenvalue weighted by Gasteiger charge is 2.22. The average molecular weight is 452 g/mol. The molecule has 0 aliphatic heterocycles. The van der Waals surface area contributed by atoms with Gasteiger partial charge in [-0.05, 0) is 41.0 Å². The standard InChI is InChI=1S/C29H25NO4/c1-34-29(33)27(19-20-11-17-24(31)18-12-20)30-26-10-6-5-9-25(26)28(32)23-15-13-22(14-16-23)21-7-3-2-4-8-21/h2-18,27,30-31H,19H2,1H3/t27-/m0/s1. The second kappa shape index (κ2) is 10.5. The van der Waals surface area contributed by atoms with Crippen molar-refractivity contribution < 1.29 is 19.4 Å². The zero-order chi connectivity index (χ0) is 23.9. The Kier molecular flexibility index (Phi) is 7.04. The Labute approximate surface area is 198 Å². The number of carbonyl (C=O) groups is 2. The lowest BCUT2D eigenvalue weighted by molar-refractivity contribution is -0.141. The summed E-state index contributed by atoms with van der Waals surface area (Å²) in [6.45, 7) is 0. The minimum atomic E-state index is -0.705. The van der Waals surface area contributed by atoms with Gasteiger partial charge in [0.25, 0.3) is 0 Å². The summed E-state index contributed by atoms with van der Waals surface area (Å²) in [5, 5.41) is 12.7. The van der Waals surface area contributed by atoms with Crippen LogP contribution < -0.4 is 5.32 Å². The molecule has 0 radical (unpaired) electrons. The van der Waals surface area contributed by atoms with E-state index in [2.05, 4.69) is 5.32 Å². The number of esters is 1. The number of hydrogen-bond acceptors (Lipinski definition) is 5. The van der Waals surface area contributed by atoms with Gasteiger partial charge in [-0.3, -0.25) is 4.79 Å². The number of carbonyl (C=O) groups excluding carboxylic acids is 2. The van der Waals surface area contributed by atoms with Gasteiger partial charge < -0.3 is 15.2 Å². The van der Waals surface area contributed by atoms with Crippen LogP contribution in [0.3, 0.4) is 0 Å². The maximum Gasteiger partial charge on any atom is 0.328 e. The van der Waals surface area contributed by atoms with E-state index < -0.39 is 12.0 Å². The Bertz CT molecular complexity index is 1270. The van der Waals surface area contributed by atoms with Crippen molar-refractivity contribution >= 4 is 17.4 Å². The summed E-state index contributed by atoms with van der Waals surface area (Å²) < 4.78 is 4.98. The molecule has 4 rings (SSSR count). The first-order valence-electron chi connectivity index (χ1n) is 11.0. The highest BCUT2D eigenvalue weighted by atomic mass is 16.5. The fraction of sp³-hybridized carbons (Fsp3) is 0.103. The summed E-state index contributed by atoms with van der Waals surface area (Å²) in [6.07, 6.45) is 0.335. The zero-order valence-electron chi connectivity index (χ0n) is 18.8. The number of nitrogens with one attached hydrogen (secondary N) is 1. The average Bonchev–Trinajstić information content (AvgIpc) is 2.89. The Hall–Kier alpha value is -4.38. The molecule has 0 unspecified atom stereocenters. The number of phenols is 1. The number of hydrogen-bond donors (Lipinski definition) is 2. The highest BCUT2D eigenvalue weighted by molar-refractivity contribution is 6.12. The molecule has 1 atom stereocenters. The molecule has 0 fully saturated rings. The second-order valence-corrected chi connectivity index (χ2v) is 7.91. The minimum Gasteiger partial charge on any atom is -0.508 e. The minimum absolute atomic E-state index is 0.143. The Morgan fingerprint density at radius 3 is 2.09 bits per heavy atom. The van der Waals surface area contributed by atoms with Crippen molar-refractivity contribution in [3.8, 4) is 16.9 Å². The molecule has 34 heavy (non-hydrogen) atoms. The van der Waals surface area contributed by atoms with Gasteiger partial charge in [0, 0.05) is 23.2 Å². The van der Waals surface area contributed by atoms with E-state index in [0.717, 1.165) is 16.7 Å². The number of ether oxygens (including phenoxy) is 1. The van der Waals surface area contributed by atoms with E-state index >= 15 is 0 Å². The van der Waals surface area contributed by atoms with Crippen molar-refractivity contribution in [1.82, 2.24) is 0 Å². The van der Waals surface area contributed by atoms with Crippen LogP contribution in [0.5, 0.6) is 5.75 Å². The lowest BCUT2D eigenvalue weighted by Gasteiger charge is -2.20. The van der Waals surface area contributed by atoms with Crippen molar-refractivity contribution in [1.29, 1.82) is 0 Å². The van der Waals surface area contributed by atoms with Crippen LogP contribution in [0, 0.1) is 0 Å². The van der Waals surface area contributed by atoms with Crippen LogP contribution in [-0.4, -0.2) is 30.0 Å². The van der Waals surface area contributed by atoms with E-state index in [0.29, 0.717) is 23.2 Å². The van der Waals surface area contributed by atoms with Crippen molar-refractivity contribution in [3.05, 3.63) is 120 Å². The molecular formula is C29H25NO4. The molecule has 0 bridgehead atoms. The largest absolute Gasteiger partial charge is 0.508 e. The number of rotatable bonds is 8. The van der Waals surface area contributed by atoms with E-state index in [9.17, 15) is 14.7 Å². The van der Waals surface area contributed by atoms with Crippen LogP contribution in [0.1, 0.15) is 21.5 Å². The van der Waals surface area contributed by atoms with Crippen molar-refractivity contribution in [2.45, 2.75) is 12.5 Å². The van der Waals surface area contributed by atoms with Gasteiger partial charge >= 0.3 is 5.97 Å². The molecule has 4 aromatic rings. The third kappa shape index (κ3) is 5.33. The van der Waals surface area contributed by atoms with Crippen LogP contribution in [-0.2, 0) is 16.0 Å². The summed E-state index contributed by atoms with van der Waals surface area (Å²) in [5.74, 6) is -0.431. The summed E-state index contributed by atoms with van der Waals surface area (Å²) in [6, 6.07) is 30.5. The number of aromatic hydroxyl groups is 1. The molecule has 0 saturated heterocycles. The lowest BCUT2D eigenvalue weighted by Crippen LogP contribution is -2.33. The molecule has 0 saturated carbocycles. The van der Waals surface area contributed by atoms with Gasteiger partial charge in [0.1, 0.15) is 11.8 Å². The van der Waals surface area contributed by atoms with Gasteiger partial charge in [0.15, 0.2) is 5.78 Å². The topological polar surface area (TPSA) is 75.6 Å². The maximum absolute atomic E-state index is 13.3. The zero-order valence-corrected chi connectivity index (χ0v) is 18.8. The number of benzene rings is 4. The third-order valence-corrected chi connectivity index (χ3v) is 5.62. The van der Waals surface area contributed by atoms with Crippen LogP contribution in [0.2, 0.25) is 0 Å². The smallest absolute Gasteiger partial charge is 0.328 e. The first-order chi connectivity index (χ1) is 16.5. The first kappa shape index (κ1) is 22.8.